The average Bonchev–Trinajstić information content (AvgIpc) is 2.59. The standard InChI is InChI=1S/C19H35N5O.HI/c1-14(25)24-9-7-15(8-10-24)13-21-19(20-2)22-16-11-17-5-4-6-18(12-16)23(17)3;/h15-18H,4-13H2,1-3H3,(H2,20,21,22);1H. The van der Waals surface area contributed by atoms with Crippen LogP contribution in [-0.4, -0.2) is 73.5 Å². The molecule has 3 fully saturated rings. The van der Waals surface area contributed by atoms with Gasteiger partial charge in [-0.1, -0.05) is 6.42 Å². The van der Waals surface area contributed by atoms with Gasteiger partial charge in [-0.2, -0.15) is 0 Å². The number of carbonyl (C=O) groups excluding carboxylic acids is 1. The molecule has 3 aliphatic rings. The number of aliphatic imine (C=N–C) groups is 1. The Labute approximate surface area is 175 Å². The molecule has 3 aliphatic heterocycles. The van der Waals surface area contributed by atoms with Gasteiger partial charge in [0.05, 0.1) is 0 Å². The van der Waals surface area contributed by atoms with Crippen molar-refractivity contribution in [2.24, 2.45) is 10.9 Å². The number of hydrogen-bond donors (Lipinski definition) is 2. The first-order valence-corrected chi connectivity index (χ1v) is 10.0. The SMILES string of the molecule is CN=C(NCC1CCN(C(C)=O)CC1)NC1CC2CCCC(C1)N2C.I. The number of piperidine rings is 3. The van der Waals surface area contributed by atoms with Gasteiger partial charge in [0.25, 0.3) is 0 Å². The zero-order chi connectivity index (χ0) is 17.8. The summed E-state index contributed by atoms with van der Waals surface area (Å²) in [4.78, 5) is 20.4. The second-order valence-electron chi connectivity index (χ2n) is 8.12. The van der Waals surface area contributed by atoms with Gasteiger partial charge in [0, 0.05) is 51.7 Å². The quantitative estimate of drug-likeness (QED) is 0.371. The minimum absolute atomic E-state index is 0. The predicted molar refractivity (Wildman–Crippen MR) is 117 cm³/mol. The molecule has 2 N–H and O–H groups in total. The summed E-state index contributed by atoms with van der Waals surface area (Å²) >= 11 is 0. The Morgan fingerprint density at radius 3 is 2.27 bits per heavy atom. The van der Waals surface area contributed by atoms with Gasteiger partial charge in [0.2, 0.25) is 5.91 Å². The highest BCUT2D eigenvalue weighted by molar-refractivity contribution is 14.0. The normalized spacial score (nSPS) is 30.5. The molecule has 2 atom stereocenters. The van der Waals surface area contributed by atoms with E-state index in [1.807, 2.05) is 11.9 Å². The molecule has 2 unspecified atom stereocenters. The molecule has 3 saturated heterocycles. The lowest BCUT2D eigenvalue weighted by Gasteiger charge is -2.47. The summed E-state index contributed by atoms with van der Waals surface area (Å²) in [6.45, 7) is 4.41. The van der Waals surface area contributed by atoms with Crippen molar-refractivity contribution in [2.75, 3.05) is 33.7 Å². The van der Waals surface area contributed by atoms with E-state index in [1.54, 1.807) is 6.92 Å². The van der Waals surface area contributed by atoms with E-state index in [1.165, 1.54) is 32.1 Å². The van der Waals surface area contributed by atoms with Crippen LogP contribution in [0.3, 0.4) is 0 Å². The molecular formula is C19H36IN5O. The van der Waals surface area contributed by atoms with Gasteiger partial charge in [0.1, 0.15) is 0 Å². The van der Waals surface area contributed by atoms with Gasteiger partial charge in [-0.15, -0.1) is 24.0 Å². The number of nitrogens with one attached hydrogen (secondary N) is 2. The highest BCUT2D eigenvalue weighted by Crippen LogP contribution is 2.32. The van der Waals surface area contributed by atoms with E-state index < -0.39 is 0 Å². The molecule has 0 radical (unpaired) electrons. The van der Waals surface area contributed by atoms with Gasteiger partial charge >= 0.3 is 0 Å². The van der Waals surface area contributed by atoms with Gasteiger partial charge < -0.3 is 20.4 Å². The second-order valence-corrected chi connectivity index (χ2v) is 8.12. The number of carbonyl (C=O) groups is 1. The molecule has 150 valence electrons. The number of likely N-dealkylation sites (tertiary alicyclic amines) is 1. The van der Waals surface area contributed by atoms with Crippen molar-refractivity contribution in [3.05, 3.63) is 0 Å². The lowest BCUT2D eigenvalue weighted by molar-refractivity contribution is -0.130. The third-order valence-corrected chi connectivity index (χ3v) is 6.52. The Morgan fingerprint density at radius 2 is 1.73 bits per heavy atom. The van der Waals surface area contributed by atoms with Crippen LogP contribution in [0.4, 0.5) is 0 Å². The molecule has 3 rings (SSSR count). The van der Waals surface area contributed by atoms with Crippen LogP contribution in [0.25, 0.3) is 0 Å². The lowest BCUT2D eigenvalue weighted by atomic mass is 9.82. The monoisotopic (exact) mass is 477 g/mol. The Hall–Kier alpha value is -0.570. The largest absolute Gasteiger partial charge is 0.356 e. The van der Waals surface area contributed by atoms with Crippen molar-refractivity contribution in [2.45, 2.75) is 70.0 Å². The molecule has 3 heterocycles. The summed E-state index contributed by atoms with van der Waals surface area (Å²) in [5, 5.41) is 7.20. The van der Waals surface area contributed by atoms with Crippen LogP contribution in [-0.2, 0) is 4.79 Å². The maximum absolute atomic E-state index is 11.4. The topological polar surface area (TPSA) is 60.0 Å². The number of amides is 1. The van der Waals surface area contributed by atoms with E-state index in [-0.39, 0.29) is 29.9 Å². The van der Waals surface area contributed by atoms with Crippen molar-refractivity contribution >= 4 is 35.8 Å². The molecule has 0 spiro atoms. The first-order chi connectivity index (χ1) is 12.1. The Morgan fingerprint density at radius 1 is 1.12 bits per heavy atom. The lowest BCUT2D eigenvalue weighted by Crippen LogP contribution is -2.57. The molecule has 0 aromatic heterocycles. The molecule has 0 saturated carbocycles. The second kappa shape index (κ2) is 10.1. The van der Waals surface area contributed by atoms with E-state index >= 15 is 0 Å². The Kier molecular flexibility index (Phi) is 8.44. The molecule has 26 heavy (non-hydrogen) atoms. The molecule has 0 aliphatic carbocycles. The van der Waals surface area contributed by atoms with E-state index in [9.17, 15) is 4.79 Å². The summed E-state index contributed by atoms with van der Waals surface area (Å²) in [5.41, 5.74) is 0. The smallest absolute Gasteiger partial charge is 0.219 e. The third kappa shape index (κ3) is 5.47. The molecule has 6 nitrogen and oxygen atoms in total. The fourth-order valence-corrected chi connectivity index (χ4v) is 4.81. The molecule has 2 bridgehead atoms. The Balaban J connectivity index is 0.00000243. The highest BCUT2D eigenvalue weighted by atomic mass is 127. The maximum Gasteiger partial charge on any atom is 0.219 e. The van der Waals surface area contributed by atoms with Crippen LogP contribution in [0.15, 0.2) is 4.99 Å². The van der Waals surface area contributed by atoms with Crippen LogP contribution in [0, 0.1) is 5.92 Å². The minimum Gasteiger partial charge on any atom is -0.356 e. The minimum atomic E-state index is 0. The third-order valence-electron chi connectivity index (χ3n) is 6.52. The molecule has 0 aromatic carbocycles. The fraction of sp³-hybridized carbons (Fsp3) is 0.895. The summed E-state index contributed by atoms with van der Waals surface area (Å²) < 4.78 is 0. The number of rotatable bonds is 3. The number of nitrogens with zero attached hydrogens (tertiary/aromatic N) is 3. The van der Waals surface area contributed by atoms with Crippen molar-refractivity contribution in [3.8, 4) is 0 Å². The van der Waals surface area contributed by atoms with Crippen molar-refractivity contribution in [1.29, 1.82) is 0 Å². The van der Waals surface area contributed by atoms with Crippen molar-refractivity contribution in [3.63, 3.8) is 0 Å². The van der Waals surface area contributed by atoms with E-state index in [0.717, 1.165) is 50.5 Å². The van der Waals surface area contributed by atoms with Crippen LogP contribution >= 0.6 is 24.0 Å². The van der Waals surface area contributed by atoms with E-state index in [0.29, 0.717) is 12.0 Å². The number of guanidine groups is 1. The fourth-order valence-electron chi connectivity index (χ4n) is 4.81. The highest BCUT2D eigenvalue weighted by Gasteiger charge is 2.36. The average molecular weight is 477 g/mol. The zero-order valence-corrected chi connectivity index (χ0v) is 18.9. The molecular weight excluding hydrogens is 441 g/mol. The van der Waals surface area contributed by atoms with Gasteiger partial charge in [-0.05, 0) is 51.5 Å². The van der Waals surface area contributed by atoms with Gasteiger partial charge in [0.15, 0.2) is 5.96 Å². The van der Waals surface area contributed by atoms with E-state index in [2.05, 4.69) is 27.6 Å². The molecule has 1 amide bonds. The number of hydrogen-bond acceptors (Lipinski definition) is 3. The zero-order valence-electron chi connectivity index (χ0n) is 16.5. The van der Waals surface area contributed by atoms with Crippen LogP contribution < -0.4 is 10.6 Å². The molecule has 7 heteroatoms. The van der Waals surface area contributed by atoms with Crippen LogP contribution in [0.1, 0.15) is 51.9 Å². The number of halogens is 1. The summed E-state index contributed by atoms with van der Waals surface area (Å²) in [7, 11) is 4.16. The number of fused-ring (bicyclic) bond motifs is 2. The summed E-state index contributed by atoms with van der Waals surface area (Å²) in [6, 6.07) is 2.01. The Bertz CT molecular complexity index is 478. The first kappa shape index (κ1) is 21.7. The maximum atomic E-state index is 11.4. The van der Waals surface area contributed by atoms with Crippen molar-refractivity contribution < 1.29 is 4.79 Å². The van der Waals surface area contributed by atoms with Crippen molar-refractivity contribution in [1.82, 2.24) is 20.4 Å². The van der Waals surface area contributed by atoms with Gasteiger partial charge in [-0.3, -0.25) is 9.79 Å². The first-order valence-electron chi connectivity index (χ1n) is 10.0. The van der Waals surface area contributed by atoms with Gasteiger partial charge in [-0.25, -0.2) is 0 Å². The van der Waals surface area contributed by atoms with Crippen LogP contribution in [0.2, 0.25) is 0 Å². The summed E-state index contributed by atoms with van der Waals surface area (Å²) in [5.74, 6) is 1.78. The van der Waals surface area contributed by atoms with Crippen LogP contribution in [0.5, 0.6) is 0 Å². The summed E-state index contributed by atoms with van der Waals surface area (Å²) in [6.07, 6.45) is 8.69. The molecule has 0 aromatic rings. The predicted octanol–water partition coefficient (Wildman–Crippen LogP) is 2.04. The van der Waals surface area contributed by atoms with E-state index in [4.69, 9.17) is 0 Å².